The van der Waals surface area contributed by atoms with Gasteiger partial charge in [0.25, 0.3) is 0 Å². The molecule has 0 radical (unpaired) electrons. The van der Waals surface area contributed by atoms with Crippen LogP contribution in [0.3, 0.4) is 0 Å². The average molecular weight is 368 g/mol. The summed E-state index contributed by atoms with van der Waals surface area (Å²) in [6, 6.07) is 22.7. The van der Waals surface area contributed by atoms with E-state index in [1.54, 1.807) is 20.8 Å². The van der Waals surface area contributed by atoms with Gasteiger partial charge in [-0.1, -0.05) is 89.2 Å². The fourth-order valence-corrected chi connectivity index (χ4v) is 3.31. The van der Waals surface area contributed by atoms with Crippen LogP contribution in [0.4, 0.5) is 0 Å². The normalized spacial score (nSPS) is 10.4. The highest BCUT2D eigenvalue weighted by molar-refractivity contribution is 6.95. The van der Waals surface area contributed by atoms with Crippen molar-refractivity contribution < 1.29 is 14.4 Å². The quantitative estimate of drug-likeness (QED) is 0.497. The Morgan fingerprint density at radius 2 is 0.679 bits per heavy atom. The zero-order valence-corrected chi connectivity index (χ0v) is 16.2. The first kappa shape index (κ1) is 19.5. The van der Waals surface area contributed by atoms with Crippen molar-refractivity contribution in [3.8, 4) is 0 Å². The minimum Gasteiger partial charge on any atom is -0.295 e. The van der Waals surface area contributed by atoms with Crippen LogP contribution in [0.1, 0.15) is 51.8 Å². The average Bonchev–Trinajstić information content (AvgIpc) is 2.69. The summed E-state index contributed by atoms with van der Waals surface area (Å²) in [5.41, 5.74) is 5.12. The van der Waals surface area contributed by atoms with Crippen LogP contribution in [0.2, 0.25) is 0 Å². The second-order valence-electron chi connectivity index (χ2n) is 6.97. The Bertz CT molecular complexity index is 880. The topological polar surface area (TPSA) is 51.2 Å². The summed E-state index contributed by atoms with van der Waals surface area (Å²) in [4.78, 5) is 34.8. The van der Waals surface area contributed by atoms with Crippen LogP contribution >= 0.6 is 0 Å². The van der Waals surface area contributed by atoms with Crippen molar-refractivity contribution in [1.82, 2.24) is 0 Å². The van der Waals surface area contributed by atoms with Gasteiger partial charge >= 0.3 is 0 Å². The lowest BCUT2D eigenvalue weighted by Gasteiger charge is -2.16. The van der Waals surface area contributed by atoms with E-state index in [0.29, 0.717) is 16.7 Å². The summed E-state index contributed by atoms with van der Waals surface area (Å²) in [6.45, 7) is 4.58. The second kappa shape index (κ2) is 8.18. The van der Waals surface area contributed by atoms with Gasteiger partial charge < -0.3 is 0 Å². The van der Waals surface area contributed by atoms with Crippen LogP contribution in [0.5, 0.6) is 0 Å². The van der Waals surface area contributed by atoms with Crippen LogP contribution in [-0.2, 0) is 0 Å². The molecule has 0 spiro atoms. The zero-order chi connectivity index (χ0) is 20.3. The maximum Gasteiger partial charge on any atom is 0.241 e. The van der Waals surface area contributed by atoms with Gasteiger partial charge in [-0.15, -0.1) is 0 Å². The molecule has 3 rings (SSSR count). The number of hydrogen-bond acceptors (Lipinski definition) is 3. The third-order valence-electron chi connectivity index (χ3n) is 4.95. The highest BCUT2D eigenvalue weighted by atomic mass is 16.1. The number of Topliss-reactive ketones (excluding diaryl/α,β-unsaturated/α-hetero) is 3. The van der Waals surface area contributed by atoms with E-state index in [-0.39, 0.29) is 24.1 Å². The SMILES string of the molecule is CC(=O)c1ccc(B(c2ccc(C(C)=O)cc2)c2ccc(C(C)=O)cc2)cc1. The number of carbonyl (C=O) groups is 3. The van der Waals surface area contributed by atoms with Gasteiger partial charge in [0.15, 0.2) is 17.3 Å². The fraction of sp³-hybridized carbons (Fsp3) is 0.125. The highest BCUT2D eigenvalue weighted by Crippen LogP contribution is 2.05. The van der Waals surface area contributed by atoms with Gasteiger partial charge in [-0.05, 0) is 20.8 Å². The molecule has 4 heteroatoms. The first-order valence-electron chi connectivity index (χ1n) is 9.19. The van der Waals surface area contributed by atoms with Crippen molar-refractivity contribution in [3.63, 3.8) is 0 Å². The molecule has 0 N–H and O–H groups in total. The van der Waals surface area contributed by atoms with Crippen LogP contribution in [-0.4, -0.2) is 24.1 Å². The van der Waals surface area contributed by atoms with Crippen LogP contribution < -0.4 is 16.4 Å². The molecular formula is C24H21BO3. The monoisotopic (exact) mass is 368 g/mol. The maximum atomic E-state index is 11.6. The van der Waals surface area contributed by atoms with Gasteiger partial charge in [-0.2, -0.15) is 0 Å². The van der Waals surface area contributed by atoms with E-state index >= 15 is 0 Å². The predicted molar refractivity (Wildman–Crippen MR) is 114 cm³/mol. The molecule has 0 fully saturated rings. The molecule has 0 saturated carbocycles. The van der Waals surface area contributed by atoms with Crippen LogP contribution in [0.25, 0.3) is 0 Å². The second-order valence-corrected chi connectivity index (χ2v) is 6.97. The van der Waals surface area contributed by atoms with E-state index in [1.165, 1.54) is 0 Å². The Balaban J connectivity index is 2.08. The molecule has 0 aliphatic carbocycles. The Kier molecular flexibility index (Phi) is 5.69. The third kappa shape index (κ3) is 4.17. The molecule has 0 atom stereocenters. The lowest BCUT2D eigenvalue weighted by molar-refractivity contribution is 0.100. The molecule has 0 aliphatic rings. The Labute approximate surface area is 165 Å². The van der Waals surface area contributed by atoms with Crippen molar-refractivity contribution in [2.24, 2.45) is 0 Å². The standard InChI is InChI=1S/C24H21BO3/c1-16(26)19-4-10-22(11-5-19)25(23-12-6-20(7-13-23)17(2)27)24-14-8-21(9-15-24)18(3)28/h4-15H,1-3H3. The van der Waals surface area contributed by atoms with E-state index in [0.717, 1.165) is 16.4 Å². The van der Waals surface area contributed by atoms with Gasteiger partial charge in [0.05, 0.1) is 0 Å². The van der Waals surface area contributed by atoms with Gasteiger partial charge in [-0.3, -0.25) is 14.4 Å². The van der Waals surface area contributed by atoms with Crippen LogP contribution in [0.15, 0.2) is 72.8 Å². The summed E-state index contributed by atoms with van der Waals surface area (Å²) in [5, 5.41) is 0. The Hall–Kier alpha value is -3.27. The molecule has 0 heterocycles. The first-order valence-corrected chi connectivity index (χ1v) is 9.19. The number of ketones is 3. The van der Waals surface area contributed by atoms with E-state index in [9.17, 15) is 14.4 Å². The van der Waals surface area contributed by atoms with E-state index in [1.807, 2.05) is 72.8 Å². The molecule has 0 saturated heterocycles. The molecule has 28 heavy (non-hydrogen) atoms. The Morgan fingerprint density at radius 3 is 0.857 bits per heavy atom. The van der Waals surface area contributed by atoms with Gasteiger partial charge in [0, 0.05) is 16.7 Å². The summed E-state index contributed by atoms with van der Waals surface area (Å²) in [5.74, 6) is 0.0826. The molecule has 3 aromatic rings. The van der Waals surface area contributed by atoms with Gasteiger partial charge in [0.1, 0.15) is 0 Å². The molecule has 138 valence electrons. The molecule has 3 aromatic carbocycles. The van der Waals surface area contributed by atoms with Crippen molar-refractivity contribution in [3.05, 3.63) is 89.5 Å². The summed E-state index contributed by atoms with van der Waals surface area (Å²) in [7, 11) is 0. The lowest BCUT2D eigenvalue weighted by Crippen LogP contribution is -2.52. The first-order chi connectivity index (χ1) is 13.4. The Morgan fingerprint density at radius 1 is 0.464 bits per heavy atom. The predicted octanol–water partition coefficient (Wildman–Crippen LogP) is 2.81. The summed E-state index contributed by atoms with van der Waals surface area (Å²) in [6.07, 6.45) is 0. The lowest BCUT2D eigenvalue weighted by atomic mass is 9.37. The molecule has 0 aliphatic heterocycles. The van der Waals surface area contributed by atoms with E-state index in [2.05, 4.69) is 0 Å². The van der Waals surface area contributed by atoms with E-state index in [4.69, 9.17) is 0 Å². The van der Waals surface area contributed by atoms with Crippen molar-refractivity contribution in [2.45, 2.75) is 20.8 Å². The minimum atomic E-state index is -0.0666. The number of hydrogen-bond donors (Lipinski definition) is 0. The smallest absolute Gasteiger partial charge is 0.241 e. The van der Waals surface area contributed by atoms with Crippen molar-refractivity contribution >= 4 is 40.5 Å². The molecule has 3 nitrogen and oxygen atoms in total. The summed E-state index contributed by atoms with van der Waals surface area (Å²) < 4.78 is 0. The maximum absolute atomic E-state index is 11.6. The number of benzene rings is 3. The molecule has 0 aromatic heterocycles. The summed E-state index contributed by atoms with van der Waals surface area (Å²) >= 11 is 0. The van der Waals surface area contributed by atoms with E-state index < -0.39 is 0 Å². The number of carbonyl (C=O) groups excluding carboxylic acids is 3. The fourth-order valence-electron chi connectivity index (χ4n) is 3.31. The van der Waals surface area contributed by atoms with Crippen LogP contribution in [0, 0.1) is 0 Å². The van der Waals surface area contributed by atoms with Crippen molar-refractivity contribution in [1.29, 1.82) is 0 Å². The number of rotatable bonds is 6. The highest BCUT2D eigenvalue weighted by Gasteiger charge is 2.22. The zero-order valence-electron chi connectivity index (χ0n) is 16.2. The largest absolute Gasteiger partial charge is 0.295 e. The van der Waals surface area contributed by atoms with Crippen molar-refractivity contribution in [2.75, 3.05) is 0 Å². The molecular weight excluding hydrogens is 347 g/mol. The molecule has 0 unspecified atom stereocenters. The molecule has 0 bridgehead atoms. The van der Waals surface area contributed by atoms with Gasteiger partial charge in [0.2, 0.25) is 6.71 Å². The molecule has 0 amide bonds. The minimum absolute atomic E-state index is 0.0275. The van der Waals surface area contributed by atoms with Gasteiger partial charge in [-0.25, -0.2) is 0 Å². The third-order valence-corrected chi connectivity index (χ3v) is 4.95.